The van der Waals surface area contributed by atoms with Gasteiger partial charge in [0.2, 0.25) is 0 Å². The number of ether oxygens (including phenoxy) is 1. The Hall–Kier alpha value is -2.00. The van der Waals surface area contributed by atoms with Crippen LogP contribution in [0, 0.1) is 13.8 Å². The Bertz CT molecular complexity index is 710. The Labute approximate surface area is 136 Å². The molecule has 2 rings (SSSR count). The molecule has 0 amide bonds. The van der Waals surface area contributed by atoms with Gasteiger partial charge in [-0.05, 0) is 49.6 Å². The fourth-order valence-corrected chi connectivity index (χ4v) is 2.52. The number of anilines is 1. The monoisotopic (exact) mass is 317 g/mol. The molecule has 116 valence electrons. The third-order valence-electron chi connectivity index (χ3n) is 3.54. The molecule has 0 atom stereocenters. The summed E-state index contributed by atoms with van der Waals surface area (Å²) in [6.07, 6.45) is 0.863. The lowest BCUT2D eigenvalue weighted by Crippen LogP contribution is -2.11. The standard InChI is InChI=1S/C18H20ClNO2/c1-4-9-22-15-10-11(2)17(19)12(3)16(15)18(21)13-7-5-6-8-14(13)20/h5-8,10H,4,9,20H2,1-3H3. The Kier molecular flexibility index (Phi) is 5.09. The molecule has 4 heteroatoms. The van der Waals surface area contributed by atoms with Gasteiger partial charge in [-0.2, -0.15) is 0 Å². The van der Waals surface area contributed by atoms with Gasteiger partial charge in [0.15, 0.2) is 5.78 Å². The van der Waals surface area contributed by atoms with Gasteiger partial charge in [0.25, 0.3) is 0 Å². The number of aryl methyl sites for hydroxylation is 1. The highest BCUT2D eigenvalue weighted by Gasteiger charge is 2.22. The Morgan fingerprint density at radius 1 is 1.27 bits per heavy atom. The van der Waals surface area contributed by atoms with Crippen molar-refractivity contribution in [3.8, 4) is 5.75 Å². The largest absolute Gasteiger partial charge is 0.493 e. The third kappa shape index (κ3) is 3.09. The highest BCUT2D eigenvalue weighted by Crippen LogP contribution is 2.34. The van der Waals surface area contributed by atoms with Crippen LogP contribution in [0.1, 0.15) is 40.4 Å². The van der Waals surface area contributed by atoms with Gasteiger partial charge in [-0.1, -0.05) is 30.7 Å². The first-order valence-corrected chi connectivity index (χ1v) is 7.66. The minimum absolute atomic E-state index is 0.163. The molecule has 0 radical (unpaired) electrons. The minimum Gasteiger partial charge on any atom is -0.493 e. The molecule has 2 aromatic rings. The van der Waals surface area contributed by atoms with Crippen molar-refractivity contribution < 1.29 is 9.53 Å². The molecule has 0 bridgehead atoms. The summed E-state index contributed by atoms with van der Waals surface area (Å²) in [7, 11) is 0. The summed E-state index contributed by atoms with van der Waals surface area (Å²) in [5.74, 6) is 0.401. The number of hydrogen-bond donors (Lipinski definition) is 1. The van der Waals surface area contributed by atoms with E-state index in [1.807, 2.05) is 26.8 Å². The first-order valence-electron chi connectivity index (χ1n) is 7.29. The molecule has 2 N–H and O–H groups in total. The van der Waals surface area contributed by atoms with Gasteiger partial charge in [-0.15, -0.1) is 0 Å². The smallest absolute Gasteiger partial charge is 0.199 e. The normalized spacial score (nSPS) is 10.5. The highest BCUT2D eigenvalue weighted by molar-refractivity contribution is 6.33. The topological polar surface area (TPSA) is 52.3 Å². The van der Waals surface area contributed by atoms with E-state index in [2.05, 4.69) is 0 Å². The zero-order valence-corrected chi connectivity index (χ0v) is 13.8. The van der Waals surface area contributed by atoms with Crippen molar-refractivity contribution in [3.63, 3.8) is 0 Å². The first kappa shape index (κ1) is 16.4. The lowest BCUT2D eigenvalue weighted by Gasteiger charge is -2.16. The molecular formula is C18H20ClNO2. The number of benzene rings is 2. The number of carbonyl (C=O) groups is 1. The fourth-order valence-electron chi connectivity index (χ4n) is 2.37. The van der Waals surface area contributed by atoms with Crippen LogP contribution in [0.5, 0.6) is 5.75 Å². The zero-order valence-electron chi connectivity index (χ0n) is 13.1. The van der Waals surface area contributed by atoms with Crippen LogP contribution < -0.4 is 10.5 Å². The molecule has 0 heterocycles. The van der Waals surface area contributed by atoms with E-state index >= 15 is 0 Å². The van der Waals surface area contributed by atoms with Crippen LogP contribution in [-0.4, -0.2) is 12.4 Å². The second-order valence-electron chi connectivity index (χ2n) is 5.27. The quantitative estimate of drug-likeness (QED) is 0.649. The maximum Gasteiger partial charge on any atom is 0.199 e. The van der Waals surface area contributed by atoms with E-state index in [4.69, 9.17) is 22.1 Å². The molecule has 0 aliphatic rings. The molecule has 2 aromatic carbocycles. The van der Waals surface area contributed by atoms with E-state index in [0.717, 1.165) is 17.5 Å². The molecule has 22 heavy (non-hydrogen) atoms. The van der Waals surface area contributed by atoms with E-state index in [9.17, 15) is 4.79 Å². The fraction of sp³-hybridized carbons (Fsp3) is 0.278. The van der Waals surface area contributed by atoms with Crippen molar-refractivity contribution in [2.24, 2.45) is 0 Å². The van der Waals surface area contributed by atoms with Crippen LogP contribution in [0.25, 0.3) is 0 Å². The van der Waals surface area contributed by atoms with Gasteiger partial charge in [0.1, 0.15) is 5.75 Å². The number of nitrogen functional groups attached to an aromatic ring is 1. The van der Waals surface area contributed by atoms with Crippen LogP contribution in [0.4, 0.5) is 5.69 Å². The lowest BCUT2D eigenvalue weighted by atomic mass is 9.95. The number of carbonyl (C=O) groups excluding carboxylic acids is 1. The predicted octanol–water partition coefficient (Wildman–Crippen LogP) is 4.56. The molecule has 0 saturated carbocycles. The van der Waals surface area contributed by atoms with Crippen LogP contribution in [0.2, 0.25) is 5.02 Å². The predicted molar refractivity (Wildman–Crippen MR) is 91.0 cm³/mol. The van der Waals surface area contributed by atoms with E-state index in [1.165, 1.54) is 0 Å². The van der Waals surface area contributed by atoms with Gasteiger partial charge in [0.05, 0.1) is 12.2 Å². The molecule has 0 fully saturated rings. The van der Waals surface area contributed by atoms with Crippen molar-refractivity contribution in [2.45, 2.75) is 27.2 Å². The van der Waals surface area contributed by atoms with E-state index < -0.39 is 0 Å². The number of ketones is 1. The van der Waals surface area contributed by atoms with Gasteiger partial charge < -0.3 is 10.5 Å². The maximum absolute atomic E-state index is 12.9. The SMILES string of the molecule is CCCOc1cc(C)c(Cl)c(C)c1C(=O)c1ccccc1N. The van der Waals surface area contributed by atoms with Crippen molar-refractivity contribution >= 4 is 23.1 Å². The number of rotatable bonds is 5. The van der Waals surface area contributed by atoms with Crippen LogP contribution >= 0.6 is 11.6 Å². The summed E-state index contributed by atoms with van der Waals surface area (Å²) in [6.45, 7) is 6.30. The van der Waals surface area contributed by atoms with Gasteiger partial charge in [0, 0.05) is 16.3 Å². The average molecular weight is 318 g/mol. The molecule has 0 aromatic heterocycles. The van der Waals surface area contributed by atoms with Crippen LogP contribution in [0.15, 0.2) is 30.3 Å². The Balaban J connectivity index is 2.60. The van der Waals surface area contributed by atoms with Crippen molar-refractivity contribution in [3.05, 3.63) is 57.6 Å². The first-order chi connectivity index (χ1) is 10.5. The van der Waals surface area contributed by atoms with Gasteiger partial charge >= 0.3 is 0 Å². The summed E-state index contributed by atoms with van der Waals surface area (Å²) < 4.78 is 5.77. The van der Waals surface area contributed by atoms with Crippen LogP contribution in [0.3, 0.4) is 0 Å². The second kappa shape index (κ2) is 6.84. The molecule has 0 aliphatic carbocycles. The summed E-state index contributed by atoms with van der Waals surface area (Å²) >= 11 is 6.32. The highest BCUT2D eigenvalue weighted by atomic mass is 35.5. The average Bonchev–Trinajstić information content (AvgIpc) is 2.50. The van der Waals surface area contributed by atoms with Gasteiger partial charge in [-0.25, -0.2) is 0 Å². The van der Waals surface area contributed by atoms with Crippen molar-refractivity contribution in [1.82, 2.24) is 0 Å². The molecule has 0 aliphatic heterocycles. The minimum atomic E-state index is -0.163. The number of para-hydroxylation sites is 1. The number of hydrogen-bond acceptors (Lipinski definition) is 3. The van der Waals surface area contributed by atoms with E-state index in [0.29, 0.717) is 34.2 Å². The van der Waals surface area contributed by atoms with Crippen LogP contribution in [-0.2, 0) is 0 Å². The molecule has 3 nitrogen and oxygen atoms in total. The summed E-state index contributed by atoms with van der Waals surface area (Å²) in [4.78, 5) is 12.9. The maximum atomic E-state index is 12.9. The Morgan fingerprint density at radius 2 is 1.95 bits per heavy atom. The molecule has 0 unspecified atom stereocenters. The molecule has 0 saturated heterocycles. The molecular weight excluding hydrogens is 298 g/mol. The van der Waals surface area contributed by atoms with Crippen molar-refractivity contribution in [2.75, 3.05) is 12.3 Å². The van der Waals surface area contributed by atoms with Crippen molar-refractivity contribution in [1.29, 1.82) is 0 Å². The lowest BCUT2D eigenvalue weighted by molar-refractivity contribution is 0.103. The third-order valence-corrected chi connectivity index (χ3v) is 4.12. The summed E-state index contributed by atoms with van der Waals surface area (Å²) in [5, 5.41) is 0.585. The zero-order chi connectivity index (χ0) is 16.3. The molecule has 0 spiro atoms. The van der Waals surface area contributed by atoms with E-state index in [1.54, 1.807) is 24.3 Å². The number of nitrogens with two attached hydrogens (primary N) is 1. The number of halogens is 1. The summed E-state index contributed by atoms with van der Waals surface area (Å²) in [6, 6.07) is 8.84. The Morgan fingerprint density at radius 3 is 2.59 bits per heavy atom. The second-order valence-corrected chi connectivity index (χ2v) is 5.65. The summed E-state index contributed by atoms with van der Waals surface area (Å²) in [5.41, 5.74) is 8.95. The van der Waals surface area contributed by atoms with Gasteiger partial charge in [-0.3, -0.25) is 4.79 Å². The van der Waals surface area contributed by atoms with E-state index in [-0.39, 0.29) is 5.78 Å².